The van der Waals surface area contributed by atoms with Crippen molar-refractivity contribution in [2.75, 3.05) is 38.6 Å². The number of aliphatic hydroxyl groups is 1. The Morgan fingerprint density at radius 1 is 1.03 bits per heavy atom. The third-order valence-electron chi connectivity index (χ3n) is 5.19. The van der Waals surface area contributed by atoms with E-state index < -0.39 is 0 Å². The van der Waals surface area contributed by atoms with E-state index in [4.69, 9.17) is 26.4 Å². The number of aryl methyl sites for hydroxylation is 1. The average Bonchev–Trinajstić information content (AvgIpc) is 2.73. The number of hydrogen-bond donors (Lipinski definition) is 4. The van der Waals surface area contributed by atoms with Gasteiger partial charge in [0.05, 0.1) is 24.6 Å². The third kappa shape index (κ3) is 5.97. The molecule has 0 saturated carbocycles. The molecule has 2 aromatic carbocycles. The molecule has 5 N–H and O–H groups in total. The van der Waals surface area contributed by atoms with E-state index in [-0.39, 0.29) is 18.0 Å². The molecule has 154 valence electrons. The van der Waals surface area contributed by atoms with Gasteiger partial charge in [-0.2, -0.15) is 0 Å². The highest BCUT2D eigenvalue weighted by atomic mass is 16.5. The molecule has 0 atom stereocenters. The fourth-order valence-electron chi connectivity index (χ4n) is 3.59. The highest BCUT2D eigenvalue weighted by molar-refractivity contribution is 6.47. The summed E-state index contributed by atoms with van der Waals surface area (Å²) < 4.78 is 5.40. The Hall–Kier alpha value is -2.54. The maximum Gasteiger partial charge on any atom is 0.0843 e. The van der Waals surface area contributed by atoms with Crippen molar-refractivity contribution in [1.29, 1.82) is 10.8 Å². The number of ether oxygens (including phenoxy) is 1. The lowest BCUT2D eigenvalue weighted by atomic mass is 9.96. The van der Waals surface area contributed by atoms with E-state index in [1.165, 1.54) is 5.56 Å². The summed E-state index contributed by atoms with van der Waals surface area (Å²) in [5.41, 5.74) is 10.9. The molecule has 2 aromatic rings. The van der Waals surface area contributed by atoms with Crippen LogP contribution in [0.3, 0.4) is 0 Å². The van der Waals surface area contributed by atoms with Crippen molar-refractivity contribution < 1.29 is 9.84 Å². The number of nitrogens with zero attached hydrogens (tertiary/aromatic N) is 1. The van der Waals surface area contributed by atoms with E-state index in [0.29, 0.717) is 24.1 Å². The standard InChI is InChI=1S/C23H30N4O2/c24-21-14-17(5-2-10-28)6-7-20(21)23(26)22(25)15-18-3-1-4-19(13-18)16-27-8-11-29-12-9-27/h1,3-4,6-7,13-14,25-26,28H,2,5,8-12,15-16,24H2. The number of aliphatic hydroxyl groups excluding tert-OH is 1. The molecule has 0 bridgehead atoms. The zero-order valence-corrected chi connectivity index (χ0v) is 16.8. The van der Waals surface area contributed by atoms with Gasteiger partial charge in [0, 0.05) is 43.9 Å². The maximum atomic E-state index is 8.96. The van der Waals surface area contributed by atoms with Gasteiger partial charge in [-0.3, -0.25) is 10.3 Å². The molecule has 1 aliphatic heterocycles. The highest BCUT2D eigenvalue weighted by Crippen LogP contribution is 2.18. The number of nitrogen functional groups attached to an aromatic ring is 1. The van der Waals surface area contributed by atoms with Crippen LogP contribution in [0, 0.1) is 10.8 Å². The minimum Gasteiger partial charge on any atom is -0.398 e. The number of benzene rings is 2. The van der Waals surface area contributed by atoms with Crippen LogP contribution in [0.15, 0.2) is 42.5 Å². The lowest BCUT2D eigenvalue weighted by molar-refractivity contribution is 0.0342. The molecule has 0 amide bonds. The number of hydrogen-bond acceptors (Lipinski definition) is 6. The van der Waals surface area contributed by atoms with Crippen molar-refractivity contribution in [3.8, 4) is 0 Å². The minimum atomic E-state index is 0.146. The van der Waals surface area contributed by atoms with Crippen LogP contribution < -0.4 is 5.73 Å². The molecule has 6 nitrogen and oxygen atoms in total. The van der Waals surface area contributed by atoms with E-state index in [0.717, 1.165) is 50.4 Å². The Labute approximate surface area is 172 Å². The molecule has 0 aliphatic carbocycles. The first kappa shape index (κ1) is 21.2. The lowest BCUT2D eigenvalue weighted by Crippen LogP contribution is -2.35. The molecule has 1 aliphatic rings. The third-order valence-corrected chi connectivity index (χ3v) is 5.19. The van der Waals surface area contributed by atoms with Crippen LogP contribution in [-0.2, 0) is 24.1 Å². The van der Waals surface area contributed by atoms with Crippen LogP contribution in [0.2, 0.25) is 0 Å². The molecule has 1 saturated heterocycles. The second kappa shape index (κ2) is 10.3. The molecular weight excluding hydrogens is 364 g/mol. The van der Waals surface area contributed by atoms with Gasteiger partial charge < -0.3 is 21.0 Å². The van der Waals surface area contributed by atoms with E-state index in [1.807, 2.05) is 30.3 Å². The van der Waals surface area contributed by atoms with Crippen molar-refractivity contribution in [2.24, 2.45) is 0 Å². The summed E-state index contributed by atoms with van der Waals surface area (Å²) in [5, 5.41) is 25.8. The average molecular weight is 395 g/mol. The van der Waals surface area contributed by atoms with Crippen molar-refractivity contribution in [1.82, 2.24) is 4.90 Å². The fourth-order valence-corrected chi connectivity index (χ4v) is 3.59. The van der Waals surface area contributed by atoms with Crippen molar-refractivity contribution >= 4 is 17.1 Å². The number of morpholine rings is 1. The minimum absolute atomic E-state index is 0.146. The predicted molar refractivity (Wildman–Crippen MR) is 117 cm³/mol. The molecule has 0 aromatic heterocycles. The Balaban J connectivity index is 1.63. The topological polar surface area (TPSA) is 106 Å². The lowest BCUT2D eigenvalue weighted by Gasteiger charge is -2.26. The maximum absolute atomic E-state index is 8.96. The van der Waals surface area contributed by atoms with Gasteiger partial charge in [0.15, 0.2) is 0 Å². The van der Waals surface area contributed by atoms with Crippen LogP contribution in [0.5, 0.6) is 0 Å². The van der Waals surface area contributed by atoms with Crippen LogP contribution in [0.25, 0.3) is 0 Å². The van der Waals surface area contributed by atoms with Crippen LogP contribution in [-0.4, -0.2) is 54.3 Å². The zero-order valence-electron chi connectivity index (χ0n) is 16.8. The van der Waals surface area contributed by atoms with E-state index in [2.05, 4.69) is 17.0 Å². The van der Waals surface area contributed by atoms with Crippen molar-refractivity contribution in [3.05, 3.63) is 64.7 Å². The molecule has 0 spiro atoms. The molecule has 1 fully saturated rings. The van der Waals surface area contributed by atoms with Crippen molar-refractivity contribution in [2.45, 2.75) is 25.8 Å². The van der Waals surface area contributed by atoms with Crippen molar-refractivity contribution in [3.63, 3.8) is 0 Å². The van der Waals surface area contributed by atoms with Gasteiger partial charge in [0.2, 0.25) is 0 Å². The molecule has 1 heterocycles. The highest BCUT2D eigenvalue weighted by Gasteiger charge is 2.14. The van der Waals surface area contributed by atoms with Crippen LogP contribution >= 0.6 is 0 Å². The molecule has 6 heteroatoms. The Kier molecular flexibility index (Phi) is 7.52. The molecule has 3 rings (SSSR count). The molecular formula is C23H30N4O2. The van der Waals surface area contributed by atoms with Gasteiger partial charge in [-0.15, -0.1) is 0 Å². The molecule has 29 heavy (non-hydrogen) atoms. The normalized spacial score (nSPS) is 14.7. The van der Waals surface area contributed by atoms with Crippen LogP contribution in [0.1, 0.15) is 28.7 Å². The SMILES string of the molecule is N=C(Cc1cccc(CN2CCOCC2)c1)C(=N)c1ccc(CCCO)cc1N. The van der Waals surface area contributed by atoms with E-state index in [9.17, 15) is 0 Å². The fraction of sp³-hybridized carbons (Fsp3) is 0.391. The monoisotopic (exact) mass is 394 g/mol. The van der Waals surface area contributed by atoms with Gasteiger partial charge in [-0.1, -0.05) is 36.4 Å². The van der Waals surface area contributed by atoms with Gasteiger partial charge >= 0.3 is 0 Å². The zero-order chi connectivity index (χ0) is 20.6. The number of nitrogens with one attached hydrogen (secondary N) is 2. The first-order valence-electron chi connectivity index (χ1n) is 10.1. The van der Waals surface area contributed by atoms with E-state index >= 15 is 0 Å². The molecule has 0 unspecified atom stereocenters. The van der Waals surface area contributed by atoms with Crippen LogP contribution in [0.4, 0.5) is 5.69 Å². The second-order valence-corrected chi connectivity index (χ2v) is 7.49. The second-order valence-electron chi connectivity index (χ2n) is 7.49. The summed E-state index contributed by atoms with van der Waals surface area (Å²) in [4.78, 5) is 2.37. The summed E-state index contributed by atoms with van der Waals surface area (Å²) in [6.45, 7) is 4.47. The first-order valence-corrected chi connectivity index (χ1v) is 10.1. The number of rotatable bonds is 9. The van der Waals surface area contributed by atoms with Gasteiger partial charge in [0.25, 0.3) is 0 Å². The number of anilines is 1. The Morgan fingerprint density at radius 2 is 1.79 bits per heavy atom. The summed E-state index contributed by atoms with van der Waals surface area (Å²) in [6, 6.07) is 13.8. The Morgan fingerprint density at radius 3 is 2.52 bits per heavy atom. The first-order chi connectivity index (χ1) is 14.1. The number of nitrogens with two attached hydrogens (primary N) is 1. The summed E-state index contributed by atoms with van der Waals surface area (Å²) >= 11 is 0. The predicted octanol–water partition coefficient (Wildman–Crippen LogP) is 2.66. The smallest absolute Gasteiger partial charge is 0.0843 e. The summed E-state index contributed by atoms with van der Waals surface area (Å²) in [6.07, 6.45) is 1.84. The van der Waals surface area contributed by atoms with Gasteiger partial charge in [-0.25, -0.2) is 0 Å². The van der Waals surface area contributed by atoms with E-state index in [1.54, 1.807) is 0 Å². The largest absolute Gasteiger partial charge is 0.398 e. The molecule has 0 radical (unpaired) electrons. The van der Waals surface area contributed by atoms with Gasteiger partial charge in [-0.05, 0) is 35.6 Å². The Bertz CT molecular complexity index is 860. The quantitative estimate of drug-likeness (QED) is 0.387. The summed E-state index contributed by atoms with van der Waals surface area (Å²) in [7, 11) is 0. The van der Waals surface area contributed by atoms with Gasteiger partial charge in [0.1, 0.15) is 0 Å². The summed E-state index contributed by atoms with van der Waals surface area (Å²) in [5.74, 6) is 0.